The van der Waals surface area contributed by atoms with Gasteiger partial charge in [0.2, 0.25) is 0 Å². The van der Waals surface area contributed by atoms with E-state index in [2.05, 4.69) is 5.32 Å². The topological polar surface area (TPSA) is 12.0 Å². The molecule has 1 fully saturated rings. The molecule has 0 radical (unpaired) electrons. The van der Waals surface area contributed by atoms with Crippen LogP contribution in [0.4, 0.5) is 8.78 Å². The second-order valence-electron chi connectivity index (χ2n) is 4.52. The van der Waals surface area contributed by atoms with E-state index in [-0.39, 0.29) is 0 Å². The maximum atomic E-state index is 13.6. The average molecular weight is 225 g/mol. The van der Waals surface area contributed by atoms with Gasteiger partial charge in [0.05, 0.1) is 0 Å². The lowest BCUT2D eigenvalue weighted by Crippen LogP contribution is -2.35. The first kappa shape index (κ1) is 11.5. The van der Waals surface area contributed by atoms with Crippen molar-refractivity contribution in [2.75, 3.05) is 6.54 Å². The third kappa shape index (κ3) is 2.40. The average Bonchev–Trinajstić information content (AvgIpc) is 2.31. The van der Waals surface area contributed by atoms with Crippen molar-refractivity contribution in [2.24, 2.45) is 0 Å². The first-order chi connectivity index (χ1) is 7.68. The fourth-order valence-corrected chi connectivity index (χ4v) is 2.21. The van der Waals surface area contributed by atoms with Crippen LogP contribution in [0.3, 0.4) is 0 Å². The molecule has 3 heteroatoms. The van der Waals surface area contributed by atoms with Gasteiger partial charge >= 0.3 is 0 Å². The summed E-state index contributed by atoms with van der Waals surface area (Å²) in [6.45, 7) is 2.57. The van der Waals surface area contributed by atoms with E-state index in [9.17, 15) is 8.78 Å². The zero-order valence-electron chi connectivity index (χ0n) is 9.52. The van der Waals surface area contributed by atoms with Crippen LogP contribution in [0.2, 0.25) is 0 Å². The van der Waals surface area contributed by atoms with Crippen molar-refractivity contribution in [3.63, 3.8) is 0 Å². The standard InChI is InChI=1S/C13H17F2N/c1-9-5-6-10(13(15)12(9)14)8-11-4-2-3-7-16-11/h5-6,11,16H,2-4,7-8H2,1H3. The molecular formula is C13H17F2N. The van der Waals surface area contributed by atoms with E-state index >= 15 is 0 Å². The molecule has 1 aliphatic heterocycles. The number of halogens is 2. The predicted octanol–water partition coefficient (Wildman–Crippen LogP) is 2.96. The van der Waals surface area contributed by atoms with Gasteiger partial charge in [-0.25, -0.2) is 8.78 Å². The molecule has 1 aromatic carbocycles. The van der Waals surface area contributed by atoms with Crippen molar-refractivity contribution in [1.29, 1.82) is 0 Å². The number of piperidine rings is 1. The third-order valence-corrected chi connectivity index (χ3v) is 3.23. The van der Waals surface area contributed by atoms with Crippen molar-refractivity contribution in [2.45, 2.75) is 38.6 Å². The monoisotopic (exact) mass is 225 g/mol. The summed E-state index contributed by atoms with van der Waals surface area (Å²) in [4.78, 5) is 0. The van der Waals surface area contributed by atoms with Gasteiger partial charge in [-0.1, -0.05) is 18.6 Å². The molecule has 1 N–H and O–H groups in total. The first-order valence-corrected chi connectivity index (χ1v) is 5.85. The molecule has 2 rings (SSSR count). The Balaban J connectivity index is 2.11. The Kier molecular flexibility index (Phi) is 3.54. The summed E-state index contributed by atoms with van der Waals surface area (Å²) in [5.41, 5.74) is 0.861. The van der Waals surface area contributed by atoms with Gasteiger partial charge in [0.15, 0.2) is 11.6 Å². The summed E-state index contributed by atoms with van der Waals surface area (Å²) in [6, 6.07) is 3.64. The second kappa shape index (κ2) is 4.91. The number of rotatable bonds is 2. The molecule has 1 saturated heterocycles. The van der Waals surface area contributed by atoms with E-state index in [1.54, 1.807) is 19.1 Å². The summed E-state index contributed by atoms with van der Waals surface area (Å²) in [6.07, 6.45) is 3.99. The summed E-state index contributed by atoms with van der Waals surface area (Å²) in [5, 5.41) is 3.34. The number of aryl methyl sites for hydroxylation is 1. The molecule has 0 saturated carbocycles. The molecule has 0 amide bonds. The van der Waals surface area contributed by atoms with Crippen LogP contribution in [-0.2, 0) is 6.42 Å². The molecule has 0 aliphatic carbocycles. The van der Waals surface area contributed by atoms with Crippen molar-refractivity contribution >= 4 is 0 Å². The molecule has 1 atom stereocenters. The lowest BCUT2D eigenvalue weighted by molar-refractivity contribution is 0.391. The van der Waals surface area contributed by atoms with Crippen molar-refractivity contribution in [3.8, 4) is 0 Å². The maximum absolute atomic E-state index is 13.6. The number of hydrogen-bond acceptors (Lipinski definition) is 1. The van der Waals surface area contributed by atoms with E-state index in [0.717, 1.165) is 13.0 Å². The summed E-state index contributed by atoms with van der Waals surface area (Å²) in [5.74, 6) is -1.37. The smallest absolute Gasteiger partial charge is 0.162 e. The van der Waals surface area contributed by atoms with Gasteiger partial charge in [0.25, 0.3) is 0 Å². The molecule has 1 aliphatic rings. The van der Waals surface area contributed by atoms with Crippen LogP contribution in [0.1, 0.15) is 30.4 Å². The van der Waals surface area contributed by atoms with Gasteiger partial charge in [-0.05, 0) is 43.9 Å². The van der Waals surface area contributed by atoms with E-state index in [4.69, 9.17) is 0 Å². The Labute approximate surface area is 94.9 Å². The van der Waals surface area contributed by atoms with Crippen LogP contribution in [0, 0.1) is 18.6 Å². The Morgan fingerprint density at radius 1 is 1.25 bits per heavy atom. The van der Waals surface area contributed by atoms with Crippen molar-refractivity contribution < 1.29 is 8.78 Å². The SMILES string of the molecule is Cc1ccc(CC2CCCCN2)c(F)c1F. The van der Waals surface area contributed by atoms with Gasteiger partial charge in [0, 0.05) is 6.04 Å². The Morgan fingerprint density at radius 3 is 2.75 bits per heavy atom. The molecule has 1 aromatic rings. The largest absolute Gasteiger partial charge is 0.314 e. The zero-order valence-corrected chi connectivity index (χ0v) is 9.52. The molecule has 1 nitrogen and oxygen atoms in total. The van der Waals surface area contributed by atoms with E-state index in [1.165, 1.54) is 12.8 Å². The Bertz CT molecular complexity index is 370. The van der Waals surface area contributed by atoms with Crippen LogP contribution in [0.5, 0.6) is 0 Å². The van der Waals surface area contributed by atoms with Crippen LogP contribution in [-0.4, -0.2) is 12.6 Å². The zero-order chi connectivity index (χ0) is 11.5. The van der Waals surface area contributed by atoms with Crippen LogP contribution in [0.15, 0.2) is 12.1 Å². The lowest BCUT2D eigenvalue weighted by atomic mass is 9.97. The highest BCUT2D eigenvalue weighted by atomic mass is 19.2. The molecule has 0 bridgehead atoms. The first-order valence-electron chi connectivity index (χ1n) is 5.85. The van der Waals surface area contributed by atoms with Crippen LogP contribution < -0.4 is 5.32 Å². The van der Waals surface area contributed by atoms with E-state index in [0.29, 0.717) is 23.6 Å². The van der Waals surface area contributed by atoms with Crippen LogP contribution >= 0.6 is 0 Å². The highest BCUT2D eigenvalue weighted by Crippen LogP contribution is 2.19. The molecule has 16 heavy (non-hydrogen) atoms. The van der Waals surface area contributed by atoms with E-state index < -0.39 is 11.6 Å². The molecule has 1 unspecified atom stereocenters. The highest BCUT2D eigenvalue weighted by molar-refractivity contribution is 5.26. The Hall–Kier alpha value is -0.960. The fraction of sp³-hybridized carbons (Fsp3) is 0.538. The molecular weight excluding hydrogens is 208 g/mol. The summed E-state index contributed by atoms with van der Waals surface area (Å²) >= 11 is 0. The minimum Gasteiger partial charge on any atom is -0.314 e. The minimum absolute atomic E-state index is 0.297. The van der Waals surface area contributed by atoms with Gasteiger partial charge in [0.1, 0.15) is 0 Å². The molecule has 1 heterocycles. The molecule has 0 spiro atoms. The number of benzene rings is 1. The maximum Gasteiger partial charge on any atom is 0.162 e. The molecule has 0 aromatic heterocycles. The predicted molar refractivity (Wildman–Crippen MR) is 60.4 cm³/mol. The quantitative estimate of drug-likeness (QED) is 0.816. The normalized spacial score (nSPS) is 21.1. The van der Waals surface area contributed by atoms with Crippen molar-refractivity contribution in [1.82, 2.24) is 5.32 Å². The summed E-state index contributed by atoms with van der Waals surface area (Å²) < 4.78 is 27.0. The van der Waals surface area contributed by atoms with Gasteiger partial charge in [-0.2, -0.15) is 0 Å². The third-order valence-electron chi connectivity index (χ3n) is 3.23. The Morgan fingerprint density at radius 2 is 2.06 bits per heavy atom. The minimum atomic E-state index is -0.701. The highest BCUT2D eigenvalue weighted by Gasteiger charge is 2.17. The van der Waals surface area contributed by atoms with Gasteiger partial charge in [-0.3, -0.25) is 0 Å². The van der Waals surface area contributed by atoms with Gasteiger partial charge < -0.3 is 5.32 Å². The second-order valence-corrected chi connectivity index (χ2v) is 4.52. The van der Waals surface area contributed by atoms with Gasteiger partial charge in [-0.15, -0.1) is 0 Å². The molecule has 88 valence electrons. The fourth-order valence-electron chi connectivity index (χ4n) is 2.21. The number of hydrogen-bond donors (Lipinski definition) is 1. The lowest BCUT2D eigenvalue weighted by Gasteiger charge is -2.23. The van der Waals surface area contributed by atoms with E-state index in [1.807, 2.05) is 0 Å². The van der Waals surface area contributed by atoms with Crippen LogP contribution in [0.25, 0.3) is 0 Å². The number of nitrogens with one attached hydrogen (secondary N) is 1. The van der Waals surface area contributed by atoms with Crippen molar-refractivity contribution in [3.05, 3.63) is 34.9 Å². The summed E-state index contributed by atoms with van der Waals surface area (Å²) in [7, 11) is 0.